The molecule has 0 aliphatic carbocycles. The summed E-state index contributed by atoms with van der Waals surface area (Å²) in [6.07, 6.45) is -5.79. The van der Waals surface area contributed by atoms with Gasteiger partial charge in [0.1, 0.15) is 17.5 Å². The Morgan fingerprint density at radius 3 is 1.60 bits per heavy atom. The monoisotopic (exact) mass is 445 g/mol. The lowest BCUT2D eigenvalue weighted by molar-refractivity contribution is -0.291. The zero-order valence-electron chi connectivity index (χ0n) is 15.3. The maximum Gasteiger partial charge on any atom is 0.455 e. The molecule has 0 bridgehead atoms. The van der Waals surface area contributed by atoms with E-state index in [9.17, 15) is 22.0 Å². The van der Waals surface area contributed by atoms with E-state index in [-0.39, 0.29) is 23.9 Å². The molecule has 3 nitrogen and oxygen atoms in total. The molecule has 0 heterocycles. The van der Waals surface area contributed by atoms with E-state index in [2.05, 4.69) is 0 Å². The largest absolute Gasteiger partial charge is 0.455 e. The van der Waals surface area contributed by atoms with Gasteiger partial charge >= 0.3 is 12.1 Å². The zero-order valence-corrected chi connectivity index (χ0v) is 16.1. The van der Waals surface area contributed by atoms with Crippen LogP contribution in [0.15, 0.2) is 78.9 Å². The minimum atomic E-state index is -5.79. The molecule has 0 aromatic heterocycles. The Bertz CT molecular complexity index is 953. The van der Waals surface area contributed by atoms with Gasteiger partial charge in [0.05, 0.1) is 0 Å². The first-order valence-corrected chi connectivity index (χ1v) is 8.48. The molecular weight excluding hydrogens is 429 g/mol. The summed E-state index contributed by atoms with van der Waals surface area (Å²) in [5, 5.41) is 0. The molecule has 160 valence electrons. The van der Waals surface area contributed by atoms with Crippen molar-refractivity contribution in [1.29, 1.82) is 0 Å². The molecule has 30 heavy (non-hydrogen) atoms. The van der Waals surface area contributed by atoms with Gasteiger partial charge in [0.2, 0.25) is 0 Å². The summed E-state index contributed by atoms with van der Waals surface area (Å²) >= 11 is 0. The second-order valence-corrected chi connectivity index (χ2v) is 6.13. The lowest BCUT2D eigenvalue weighted by atomic mass is 10.0. The Kier molecular flexibility index (Phi) is 7.28. The van der Waals surface area contributed by atoms with Crippen LogP contribution in [0.4, 0.5) is 22.0 Å². The molecule has 0 aliphatic heterocycles. The van der Waals surface area contributed by atoms with Crippen molar-refractivity contribution in [1.82, 2.24) is 0 Å². The van der Waals surface area contributed by atoms with Gasteiger partial charge in [-0.3, -0.25) is 0 Å². The van der Waals surface area contributed by atoms with E-state index in [1.165, 1.54) is 6.07 Å². The van der Waals surface area contributed by atoms with Crippen LogP contribution in [-0.2, 0) is 0 Å². The number of ether oxygens (including phenoxy) is 2. The number of alkyl halides is 5. The van der Waals surface area contributed by atoms with E-state index >= 15 is 0 Å². The fraction of sp³-hybridized carbons (Fsp3) is 0.143. The minimum Gasteiger partial charge on any atom is -0.453 e. The van der Waals surface area contributed by atoms with Crippen molar-refractivity contribution in [3.63, 3.8) is 0 Å². The summed E-state index contributed by atoms with van der Waals surface area (Å²) in [6, 6.07) is 17.6. The van der Waals surface area contributed by atoms with Crippen molar-refractivity contribution < 1.29 is 31.4 Å². The summed E-state index contributed by atoms with van der Waals surface area (Å²) in [6.45, 7) is 0. The highest BCUT2D eigenvalue weighted by Crippen LogP contribution is 2.45. The Labute approximate surface area is 175 Å². The van der Waals surface area contributed by atoms with Crippen LogP contribution in [0.2, 0.25) is 0 Å². The van der Waals surface area contributed by atoms with Crippen molar-refractivity contribution in [2.75, 3.05) is 0 Å². The number of benzene rings is 3. The minimum absolute atomic E-state index is 0. The van der Waals surface area contributed by atoms with Crippen molar-refractivity contribution >= 4 is 12.4 Å². The van der Waals surface area contributed by atoms with Crippen LogP contribution in [0.3, 0.4) is 0 Å². The summed E-state index contributed by atoms with van der Waals surface area (Å²) in [5.41, 5.74) is 4.81. The van der Waals surface area contributed by atoms with Crippen LogP contribution in [0.5, 0.6) is 23.0 Å². The number of rotatable bonds is 6. The highest BCUT2D eigenvalue weighted by Gasteiger charge is 2.61. The Morgan fingerprint density at radius 2 is 1.13 bits per heavy atom. The quantitative estimate of drug-likeness (QED) is 0.420. The summed E-state index contributed by atoms with van der Waals surface area (Å²) in [7, 11) is 0. The van der Waals surface area contributed by atoms with Crippen LogP contribution in [0.25, 0.3) is 0 Å². The topological polar surface area (TPSA) is 44.5 Å². The fourth-order valence-corrected chi connectivity index (χ4v) is 2.50. The predicted molar refractivity (Wildman–Crippen MR) is 105 cm³/mol. The average molecular weight is 446 g/mol. The SMILES string of the molecule is Cl.N[C@H](c1ccc(Oc2ccccc2)c(Oc2ccccc2)c1)C(F)(F)C(F)(F)F. The van der Waals surface area contributed by atoms with E-state index in [0.29, 0.717) is 11.5 Å². The Morgan fingerprint density at radius 1 is 0.667 bits per heavy atom. The molecule has 0 saturated heterocycles. The van der Waals surface area contributed by atoms with Gasteiger partial charge in [-0.15, -0.1) is 12.4 Å². The van der Waals surface area contributed by atoms with Crippen LogP contribution >= 0.6 is 12.4 Å². The van der Waals surface area contributed by atoms with E-state index in [1.807, 2.05) is 0 Å². The molecule has 1 atom stereocenters. The zero-order chi connectivity index (χ0) is 21.1. The normalized spacial score (nSPS) is 12.6. The smallest absolute Gasteiger partial charge is 0.453 e. The van der Waals surface area contributed by atoms with Gasteiger partial charge in [-0.1, -0.05) is 42.5 Å². The highest BCUT2D eigenvalue weighted by atomic mass is 35.5. The van der Waals surface area contributed by atoms with Gasteiger partial charge in [0.25, 0.3) is 0 Å². The van der Waals surface area contributed by atoms with E-state index in [1.54, 1.807) is 60.7 Å². The lowest BCUT2D eigenvalue weighted by Gasteiger charge is -2.26. The third-order valence-corrected chi connectivity index (χ3v) is 4.04. The number of nitrogens with two attached hydrogens (primary N) is 1. The first-order valence-electron chi connectivity index (χ1n) is 8.48. The highest BCUT2D eigenvalue weighted by molar-refractivity contribution is 5.85. The van der Waals surface area contributed by atoms with Crippen LogP contribution in [-0.4, -0.2) is 12.1 Å². The maximum absolute atomic E-state index is 13.7. The molecule has 0 saturated carbocycles. The number of hydrogen-bond acceptors (Lipinski definition) is 3. The Balaban J connectivity index is 0.00000320. The number of halogens is 6. The molecular formula is C21H17ClF5NO2. The summed E-state index contributed by atoms with van der Waals surface area (Å²) in [4.78, 5) is 0. The van der Waals surface area contributed by atoms with E-state index in [0.717, 1.165) is 12.1 Å². The second kappa shape index (κ2) is 9.32. The average Bonchev–Trinajstić information content (AvgIpc) is 2.69. The molecule has 0 radical (unpaired) electrons. The number of hydrogen-bond donors (Lipinski definition) is 1. The predicted octanol–water partition coefficient (Wildman–Crippen LogP) is 6.89. The number of para-hydroxylation sites is 2. The molecule has 3 rings (SSSR count). The molecule has 2 N–H and O–H groups in total. The van der Waals surface area contributed by atoms with E-state index < -0.39 is 23.7 Å². The maximum atomic E-state index is 13.7. The molecule has 0 aliphatic rings. The molecule has 3 aromatic rings. The Hall–Kier alpha value is -2.84. The van der Waals surface area contributed by atoms with Gasteiger partial charge in [-0.2, -0.15) is 22.0 Å². The van der Waals surface area contributed by atoms with E-state index in [4.69, 9.17) is 15.2 Å². The molecule has 0 amide bonds. The van der Waals surface area contributed by atoms with Crippen molar-refractivity contribution in [2.24, 2.45) is 5.73 Å². The van der Waals surface area contributed by atoms with Gasteiger partial charge in [-0.05, 0) is 42.0 Å². The second-order valence-electron chi connectivity index (χ2n) is 6.13. The van der Waals surface area contributed by atoms with Crippen LogP contribution < -0.4 is 15.2 Å². The first-order chi connectivity index (χ1) is 13.7. The van der Waals surface area contributed by atoms with Crippen molar-refractivity contribution in [3.05, 3.63) is 84.4 Å². The van der Waals surface area contributed by atoms with Crippen molar-refractivity contribution in [2.45, 2.75) is 18.1 Å². The third kappa shape index (κ3) is 5.20. The van der Waals surface area contributed by atoms with Gasteiger partial charge in [0, 0.05) is 0 Å². The van der Waals surface area contributed by atoms with Crippen molar-refractivity contribution in [3.8, 4) is 23.0 Å². The lowest BCUT2D eigenvalue weighted by Crippen LogP contribution is -2.45. The van der Waals surface area contributed by atoms with Gasteiger partial charge < -0.3 is 15.2 Å². The summed E-state index contributed by atoms with van der Waals surface area (Å²) < 4.78 is 76.8. The first kappa shape index (κ1) is 23.4. The third-order valence-electron chi connectivity index (χ3n) is 4.04. The molecule has 3 aromatic carbocycles. The van der Waals surface area contributed by atoms with Gasteiger partial charge in [0.15, 0.2) is 11.5 Å². The molecule has 9 heteroatoms. The standard InChI is InChI=1S/C21H16F5NO2.ClH/c22-20(23,21(24,25)26)19(27)14-11-12-17(28-15-7-3-1-4-8-15)18(13-14)29-16-9-5-2-6-10-16;/h1-13,19H,27H2;1H/t19-;/m1./s1. The molecule has 0 spiro atoms. The van der Waals surface area contributed by atoms with Crippen LogP contribution in [0.1, 0.15) is 11.6 Å². The fourth-order valence-electron chi connectivity index (χ4n) is 2.50. The molecule has 0 unspecified atom stereocenters. The summed E-state index contributed by atoms with van der Waals surface area (Å²) in [5.74, 6) is -4.25. The van der Waals surface area contributed by atoms with Gasteiger partial charge in [-0.25, -0.2) is 0 Å². The van der Waals surface area contributed by atoms with Crippen LogP contribution in [0, 0.1) is 0 Å². The molecule has 0 fully saturated rings.